The van der Waals surface area contributed by atoms with Gasteiger partial charge in [0.2, 0.25) is 0 Å². The van der Waals surface area contributed by atoms with E-state index in [1.165, 1.54) is 0 Å². The lowest BCUT2D eigenvalue weighted by molar-refractivity contribution is -0.135. The zero-order valence-corrected chi connectivity index (χ0v) is 13.1. The topological polar surface area (TPSA) is 139 Å². The van der Waals surface area contributed by atoms with Crippen molar-refractivity contribution in [3.05, 3.63) is 0 Å². The third-order valence-electron chi connectivity index (χ3n) is 2.06. The van der Waals surface area contributed by atoms with Crippen molar-refractivity contribution < 1.29 is 43.2 Å². The van der Waals surface area contributed by atoms with Crippen molar-refractivity contribution in [1.82, 2.24) is 0 Å². The van der Waals surface area contributed by atoms with E-state index in [2.05, 4.69) is 16.7 Å². The smallest absolute Gasteiger partial charge is 0.325 e. The van der Waals surface area contributed by atoms with E-state index in [0.717, 1.165) is 14.2 Å². The van der Waals surface area contributed by atoms with E-state index in [4.69, 9.17) is 0 Å². The highest BCUT2D eigenvalue weighted by atomic mass is 32.3. The van der Waals surface area contributed by atoms with Crippen LogP contribution in [0.4, 0.5) is 0 Å². The normalized spacial score (nSPS) is 11.9. The second-order valence-corrected chi connectivity index (χ2v) is 6.25. The molecule has 0 aromatic carbocycles. The van der Waals surface area contributed by atoms with Crippen LogP contribution in [0.1, 0.15) is 32.1 Å². The second kappa shape index (κ2) is 8.92. The first-order valence-corrected chi connectivity index (χ1v) is 8.34. The fraction of sp³-hybridized carbons (Fsp3) is 0.778. The van der Waals surface area contributed by atoms with Crippen LogP contribution in [0.5, 0.6) is 0 Å². The molecule has 0 spiro atoms. The van der Waals surface area contributed by atoms with E-state index in [9.17, 15) is 26.4 Å². The molecule has 12 heteroatoms. The Kier molecular flexibility index (Phi) is 8.39. The van der Waals surface area contributed by atoms with Crippen molar-refractivity contribution in [3.8, 4) is 0 Å². The molecule has 0 heterocycles. The molecule has 124 valence electrons. The van der Waals surface area contributed by atoms with Crippen molar-refractivity contribution in [2.45, 2.75) is 32.1 Å². The van der Waals surface area contributed by atoms with Gasteiger partial charge in [-0.05, 0) is 12.8 Å². The molecule has 21 heavy (non-hydrogen) atoms. The number of unbranched alkanes of at least 4 members (excludes halogenated alkanes) is 2. The zero-order valence-electron chi connectivity index (χ0n) is 11.4. The standard InChI is InChI=1S/C9H16O10S2/c1-16-20(12,13)18-8(10)6-4-3-5-7-9(11)19-21(14,15)17-2/h3-7H2,1-2H3. The van der Waals surface area contributed by atoms with Gasteiger partial charge in [0.1, 0.15) is 0 Å². The maximum Gasteiger partial charge on any atom is 0.451 e. The first kappa shape index (κ1) is 19.8. The summed E-state index contributed by atoms with van der Waals surface area (Å²) in [5.74, 6) is -1.97. The van der Waals surface area contributed by atoms with Gasteiger partial charge in [-0.1, -0.05) is 6.42 Å². The van der Waals surface area contributed by atoms with Gasteiger partial charge in [0, 0.05) is 12.8 Å². The summed E-state index contributed by atoms with van der Waals surface area (Å²) in [5.41, 5.74) is 0. The molecule has 0 radical (unpaired) electrons. The van der Waals surface area contributed by atoms with Crippen LogP contribution in [0, 0.1) is 0 Å². The predicted octanol–water partition coefficient (Wildman–Crippen LogP) is -0.194. The Bertz CT molecular complexity index is 497. The van der Waals surface area contributed by atoms with Crippen LogP contribution in [0.25, 0.3) is 0 Å². The molecule has 0 atom stereocenters. The number of hydrogen-bond acceptors (Lipinski definition) is 10. The molecule has 0 saturated heterocycles. The highest BCUT2D eigenvalue weighted by Crippen LogP contribution is 2.08. The molecule has 0 N–H and O–H groups in total. The summed E-state index contributed by atoms with van der Waals surface area (Å²) in [5, 5.41) is 0. The summed E-state index contributed by atoms with van der Waals surface area (Å²) in [6, 6.07) is 0. The van der Waals surface area contributed by atoms with E-state index < -0.39 is 32.7 Å². The largest absolute Gasteiger partial charge is 0.451 e. The summed E-state index contributed by atoms with van der Waals surface area (Å²) in [7, 11) is -6.91. The lowest BCUT2D eigenvalue weighted by Crippen LogP contribution is -2.14. The van der Waals surface area contributed by atoms with Crippen molar-refractivity contribution in [3.63, 3.8) is 0 Å². The predicted molar refractivity (Wildman–Crippen MR) is 67.1 cm³/mol. The number of carbonyl (C=O) groups is 2. The molecule has 0 fully saturated rings. The molecule has 0 saturated carbocycles. The summed E-state index contributed by atoms with van der Waals surface area (Å²) in [4.78, 5) is 22.1. The van der Waals surface area contributed by atoms with Crippen LogP contribution in [-0.2, 0) is 47.1 Å². The highest BCUT2D eigenvalue weighted by Gasteiger charge is 2.17. The number of carbonyl (C=O) groups excluding carboxylic acids is 2. The molecular weight excluding hydrogens is 332 g/mol. The van der Waals surface area contributed by atoms with Gasteiger partial charge >= 0.3 is 32.7 Å². The lowest BCUT2D eigenvalue weighted by Gasteiger charge is -2.03. The Hall–Kier alpha value is -1.24. The average molecular weight is 348 g/mol. The van der Waals surface area contributed by atoms with Crippen molar-refractivity contribution in [1.29, 1.82) is 0 Å². The third kappa shape index (κ3) is 10.2. The Morgan fingerprint density at radius 2 is 1.05 bits per heavy atom. The van der Waals surface area contributed by atoms with E-state index in [0.29, 0.717) is 6.42 Å². The van der Waals surface area contributed by atoms with Crippen LogP contribution in [0.15, 0.2) is 0 Å². The third-order valence-corrected chi connectivity index (χ3v) is 3.66. The summed E-state index contributed by atoms with van der Waals surface area (Å²) < 4.78 is 58.9. The van der Waals surface area contributed by atoms with Crippen LogP contribution < -0.4 is 0 Å². The summed E-state index contributed by atoms with van der Waals surface area (Å²) >= 11 is 0. The van der Waals surface area contributed by atoms with Crippen molar-refractivity contribution in [2.24, 2.45) is 0 Å². The molecule has 0 aliphatic carbocycles. The highest BCUT2D eigenvalue weighted by molar-refractivity contribution is 7.82. The summed E-state index contributed by atoms with van der Waals surface area (Å²) in [6.07, 6.45) is 0.497. The monoisotopic (exact) mass is 348 g/mol. The molecule has 0 aliphatic heterocycles. The molecule has 0 aliphatic rings. The van der Waals surface area contributed by atoms with Crippen LogP contribution in [0.2, 0.25) is 0 Å². The number of hydrogen-bond donors (Lipinski definition) is 0. The minimum absolute atomic E-state index is 0.187. The fourth-order valence-corrected chi connectivity index (χ4v) is 1.85. The first-order valence-electron chi connectivity index (χ1n) is 5.67. The quantitative estimate of drug-likeness (QED) is 0.488. The molecule has 10 nitrogen and oxygen atoms in total. The van der Waals surface area contributed by atoms with Gasteiger partial charge < -0.3 is 8.37 Å². The average Bonchev–Trinajstić information content (AvgIpc) is 2.37. The van der Waals surface area contributed by atoms with Crippen molar-refractivity contribution >= 4 is 32.7 Å². The Balaban J connectivity index is 3.83. The molecule has 0 aromatic heterocycles. The van der Waals surface area contributed by atoms with Gasteiger partial charge in [0.05, 0.1) is 14.2 Å². The SMILES string of the molecule is COS(=O)(=O)OC(=O)CCCCCC(=O)OS(=O)(=O)OC. The van der Waals surface area contributed by atoms with Crippen LogP contribution >= 0.6 is 0 Å². The van der Waals surface area contributed by atoms with Crippen molar-refractivity contribution in [2.75, 3.05) is 14.2 Å². The molecule has 0 aromatic rings. The summed E-state index contributed by atoms with van der Waals surface area (Å²) in [6.45, 7) is 0. The molecule has 0 rings (SSSR count). The zero-order chi connectivity index (χ0) is 16.5. The first-order chi connectivity index (χ1) is 9.62. The Labute approximate surface area is 123 Å². The van der Waals surface area contributed by atoms with Gasteiger partial charge in [0.25, 0.3) is 0 Å². The van der Waals surface area contributed by atoms with Crippen LogP contribution in [-0.4, -0.2) is 43.0 Å². The van der Waals surface area contributed by atoms with Gasteiger partial charge in [0.15, 0.2) is 0 Å². The second-order valence-electron chi connectivity index (χ2n) is 3.62. The Morgan fingerprint density at radius 1 is 0.714 bits per heavy atom. The van der Waals surface area contributed by atoms with Gasteiger partial charge in [-0.2, -0.15) is 16.8 Å². The van der Waals surface area contributed by atoms with E-state index in [1.807, 2.05) is 0 Å². The maximum absolute atomic E-state index is 11.1. The molecule has 0 amide bonds. The van der Waals surface area contributed by atoms with E-state index in [-0.39, 0.29) is 25.7 Å². The Morgan fingerprint density at radius 3 is 1.33 bits per heavy atom. The minimum Gasteiger partial charge on any atom is -0.325 e. The molecule has 0 bridgehead atoms. The van der Waals surface area contributed by atoms with Gasteiger partial charge in [-0.3, -0.25) is 9.59 Å². The molecule has 0 unspecified atom stereocenters. The minimum atomic E-state index is -4.30. The van der Waals surface area contributed by atoms with E-state index >= 15 is 0 Å². The van der Waals surface area contributed by atoms with Crippen LogP contribution in [0.3, 0.4) is 0 Å². The van der Waals surface area contributed by atoms with E-state index in [1.54, 1.807) is 0 Å². The maximum atomic E-state index is 11.1. The fourth-order valence-electron chi connectivity index (χ4n) is 1.09. The molecular formula is C9H16O10S2. The lowest BCUT2D eigenvalue weighted by atomic mass is 10.1. The van der Waals surface area contributed by atoms with Gasteiger partial charge in [-0.25, -0.2) is 8.37 Å². The van der Waals surface area contributed by atoms with Gasteiger partial charge in [-0.15, -0.1) is 0 Å². The number of rotatable bonds is 10.